The summed E-state index contributed by atoms with van der Waals surface area (Å²) in [6.07, 6.45) is -0.406. The number of nitrogens with one attached hydrogen (secondary N) is 1. The lowest BCUT2D eigenvalue weighted by atomic mass is 10.2. The number of halogens is 1. The van der Waals surface area contributed by atoms with Gasteiger partial charge in [-0.05, 0) is 18.2 Å². The molecule has 126 valence electrons. The molecule has 1 heterocycles. The molecule has 1 aromatic rings. The maximum atomic E-state index is 13.8. The number of piperazine rings is 1. The summed E-state index contributed by atoms with van der Waals surface area (Å²) in [5.74, 6) is -1.32. The van der Waals surface area contributed by atoms with Crippen molar-refractivity contribution < 1.29 is 28.2 Å². The first-order valence-corrected chi connectivity index (χ1v) is 7.25. The molecule has 1 saturated heterocycles. The molecule has 0 aliphatic carbocycles. The van der Waals surface area contributed by atoms with Crippen LogP contribution in [0.2, 0.25) is 0 Å². The van der Waals surface area contributed by atoms with Crippen LogP contribution in [0.3, 0.4) is 0 Å². The van der Waals surface area contributed by atoms with Crippen LogP contribution >= 0.6 is 0 Å². The molecule has 1 aromatic carbocycles. The van der Waals surface area contributed by atoms with Gasteiger partial charge in [0.1, 0.15) is 13.2 Å². The minimum absolute atomic E-state index is 0.0148. The van der Waals surface area contributed by atoms with Gasteiger partial charge >= 0.3 is 12.1 Å². The van der Waals surface area contributed by atoms with Crippen molar-refractivity contribution in [2.24, 2.45) is 0 Å². The normalized spacial score (nSPS) is 14.3. The Kier molecular flexibility index (Phi) is 6.16. The maximum absolute atomic E-state index is 13.8. The summed E-state index contributed by atoms with van der Waals surface area (Å²) >= 11 is 0. The largest absolute Gasteiger partial charge is 0.487 e. The molecule has 8 heteroatoms. The van der Waals surface area contributed by atoms with Crippen molar-refractivity contribution in [3.05, 3.63) is 29.6 Å². The maximum Gasteiger partial charge on any atom is 0.409 e. The Morgan fingerprint density at radius 1 is 1.26 bits per heavy atom. The Hall–Kier alpha value is -2.35. The summed E-state index contributed by atoms with van der Waals surface area (Å²) in [5.41, 5.74) is 0.0995. The zero-order chi connectivity index (χ0) is 16.7. The first kappa shape index (κ1) is 17.0. The van der Waals surface area contributed by atoms with Crippen LogP contribution in [0.15, 0.2) is 18.2 Å². The zero-order valence-electron chi connectivity index (χ0n) is 12.8. The number of carbonyl (C=O) groups excluding carboxylic acids is 2. The Bertz CT molecular complexity index is 561. The van der Waals surface area contributed by atoms with Crippen molar-refractivity contribution >= 4 is 12.1 Å². The molecule has 1 N–H and O–H groups in total. The SMILES string of the molecule is COC(=O)c1ccc(OCCOC(=O)N2CCNCC2)c(F)c1. The number of hydrogen-bond acceptors (Lipinski definition) is 6. The highest BCUT2D eigenvalue weighted by atomic mass is 19.1. The van der Waals surface area contributed by atoms with Crippen LogP contribution in [-0.4, -0.2) is 63.5 Å². The van der Waals surface area contributed by atoms with Gasteiger partial charge < -0.3 is 24.4 Å². The molecule has 0 unspecified atom stereocenters. The number of nitrogens with zero attached hydrogens (tertiary/aromatic N) is 1. The number of ether oxygens (including phenoxy) is 3. The van der Waals surface area contributed by atoms with Crippen LogP contribution in [-0.2, 0) is 9.47 Å². The molecular formula is C15H19FN2O5. The van der Waals surface area contributed by atoms with E-state index >= 15 is 0 Å². The van der Waals surface area contributed by atoms with E-state index in [1.807, 2.05) is 0 Å². The van der Waals surface area contributed by atoms with Crippen LogP contribution in [0.1, 0.15) is 10.4 Å². The fourth-order valence-corrected chi connectivity index (χ4v) is 2.08. The van der Waals surface area contributed by atoms with Gasteiger partial charge in [0.25, 0.3) is 0 Å². The first-order valence-electron chi connectivity index (χ1n) is 7.25. The predicted octanol–water partition coefficient (Wildman–Crippen LogP) is 1.03. The minimum atomic E-state index is -0.679. The monoisotopic (exact) mass is 326 g/mol. The Balaban J connectivity index is 1.75. The summed E-state index contributed by atoms with van der Waals surface area (Å²) in [6, 6.07) is 3.77. The van der Waals surface area contributed by atoms with E-state index in [1.54, 1.807) is 4.90 Å². The molecule has 23 heavy (non-hydrogen) atoms. The van der Waals surface area contributed by atoms with Crippen LogP contribution in [0.5, 0.6) is 5.75 Å². The van der Waals surface area contributed by atoms with Crippen LogP contribution in [0.25, 0.3) is 0 Å². The van der Waals surface area contributed by atoms with Gasteiger partial charge in [-0.3, -0.25) is 0 Å². The molecule has 0 bridgehead atoms. The van der Waals surface area contributed by atoms with Crippen LogP contribution < -0.4 is 10.1 Å². The average molecular weight is 326 g/mol. The Morgan fingerprint density at radius 2 is 2.00 bits per heavy atom. The van der Waals surface area contributed by atoms with Gasteiger partial charge in [-0.1, -0.05) is 0 Å². The molecule has 1 amide bonds. The van der Waals surface area contributed by atoms with E-state index in [1.165, 1.54) is 19.2 Å². The summed E-state index contributed by atoms with van der Waals surface area (Å²) < 4.78 is 28.5. The molecule has 1 aliphatic heterocycles. The molecule has 7 nitrogen and oxygen atoms in total. The zero-order valence-corrected chi connectivity index (χ0v) is 12.8. The molecular weight excluding hydrogens is 307 g/mol. The van der Waals surface area contributed by atoms with Gasteiger partial charge in [-0.25, -0.2) is 14.0 Å². The van der Waals surface area contributed by atoms with Crippen molar-refractivity contribution in [1.29, 1.82) is 0 Å². The van der Waals surface area contributed by atoms with Gasteiger partial charge in [-0.15, -0.1) is 0 Å². The quantitative estimate of drug-likeness (QED) is 0.643. The standard InChI is InChI=1S/C15H19FN2O5/c1-21-14(19)11-2-3-13(12(16)10-11)22-8-9-23-15(20)18-6-4-17-5-7-18/h2-3,10,17H,4-9H2,1H3. The third-order valence-corrected chi connectivity index (χ3v) is 3.29. The lowest BCUT2D eigenvalue weighted by Gasteiger charge is -2.26. The van der Waals surface area contributed by atoms with Gasteiger partial charge in [0.2, 0.25) is 0 Å². The molecule has 1 aliphatic rings. The smallest absolute Gasteiger partial charge is 0.409 e. The fourth-order valence-electron chi connectivity index (χ4n) is 2.08. The van der Waals surface area contributed by atoms with Crippen molar-refractivity contribution in [3.8, 4) is 5.75 Å². The summed E-state index contributed by atoms with van der Waals surface area (Å²) in [4.78, 5) is 24.6. The topological polar surface area (TPSA) is 77.1 Å². The third-order valence-electron chi connectivity index (χ3n) is 3.29. The lowest BCUT2D eigenvalue weighted by molar-refractivity contribution is 0.0599. The van der Waals surface area contributed by atoms with Crippen molar-refractivity contribution in [1.82, 2.24) is 10.2 Å². The molecule has 1 fully saturated rings. The van der Waals surface area contributed by atoms with Gasteiger partial charge in [-0.2, -0.15) is 0 Å². The highest BCUT2D eigenvalue weighted by Gasteiger charge is 2.17. The van der Waals surface area contributed by atoms with Crippen LogP contribution in [0.4, 0.5) is 9.18 Å². The summed E-state index contributed by atoms with van der Waals surface area (Å²) in [7, 11) is 1.22. The Labute approximate surface area is 133 Å². The highest BCUT2D eigenvalue weighted by molar-refractivity contribution is 5.89. The van der Waals surface area contributed by atoms with Crippen molar-refractivity contribution in [2.45, 2.75) is 0 Å². The number of benzene rings is 1. The minimum Gasteiger partial charge on any atom is -0.487 e. The fraction of sp³-hybridized carbons (Fsp3) is 0.467. The van der Waals surface area contributed by atoms with E-state index < -0.39 is 17.9 Å². The molecule has 0 radical (unpaired) electrons. The predicted molar refractivity (Wildman–Crippen MR) is 79.0 cm³/mol. The molecule has 0 spiro atoms. The highest BCUT2D eigenvalue weighted by Crippen LogP contribution is 2.18. The second-order valence-electron chi connectivity index (χ2n) is 4.84. The molecule has 2 rings (SSSR count). The third kappa shape index (κ3) is 4.82. The number of esters is 1. The van der Waals surface area contributed by atoms with Gasteiger partial charge in [0, 0.05) is 26.2 Å². The second kappa shape index (κ2) is 8.33. The molecule has 0 atom stereocenters. The van der Waals surface area contributed by atoms with E-state index in [9.17, 15) is 14.0 Å². The van der Waals surface area contributed by atoms with E-state index in [0.29, 0.717) is 13.1 Å². The number of methoxy groups -OCH3 is 1. The number of hydrogen-bond donors (Lipinski definition) is 1. The Morgan fingerprint density at radius 3 is 2.65 bits per heavy atom. The van der Waals surface area contributed by atoms with Crippen molar-refractivity contribution in [2.75, 3.05) is 46.5 Å². The number of rotatable bonds is 5. The van der Waals surface area contributed by atoms with Crippen LogP contribution in [0, 0.1) is 5.82 Å². The van der Waals surface area contributed by atoms with E-state index in [0.717, 1.165) is 19.2 Å². The van der Waals surface area contributed by atoms with E-state index in [2.05, 4.69) is 10.1 Å². The van der Waals surface area contributed by atoms with E-state index in [-0.39, 0.29) is 24.5 Å². The number of amides is 1. The molecule has 0 aromatic heterocycles. The first-order chi connectivity index (χ1) is 11.1. The lowest BCUT2D eigenvalue weighted by Crippen LogP contribution is -2.46. The summed E-state index contributed by atoms with van der Waals surface area (Å²) in [5, 5.41) is 3.13. The van der Waals surface area contributed by atoms with Crippen molar-refractivity contribution in [3.63, 3.8) is 0 Å². The average Bonchev–Trinajstić information content (AvgIpc) is 2.59. The summed E-state index contributed by atoms with van der Waals surface area (Å²) in [6.45, 7) is 2.71. The van der Waals surface area contributed by atoms with E-state index in [4.69, 9.17) is 9.47 Å². The molecule has 0 saturated carbocycles. The van der Waals surface area contributed by atoms with Gasteiger partial charge in [0.05, 0.1) is 12.7 Å². The van der Waals surface area contributed by atoms with Gasteiger partial charge in [0.15, 0.2) is 11.6 Å². The number of carbonyl (C=O) groups is 2. The second-order valence-corrected chi connectivity index (χ2v) is 4.84.